The molecule has 0 aromatic carbocycles. The van der Waals surface area contributed by atoms with Crippen LogP contribution >= 0.6 is 11.3 Å². The lowest BCUT2D eigenvalue weighted by molar-refractivity contribution is -0.142. The number of nitrogens with two attached hydrogens (primary N) is 1. The van der Waals surface area contributed by atoms with Gasteiger partial charge in [-0.2, -0.15) is 0 Å². The molecule has 1 aromatic heterocycles. The Morgan fingerprint density at radius 3 is 2.32 bits per heavy atom. The topological polar surface area (TPSA) is 193 Å². The van der Waals surface area contributed by atoms with Gasteiger partial charge in [-0.1, -0.05) is 20.8 Å². The number of aromatic nitrogens is 1. The van der Waals surface area contributed by atoms with E-state index in [0.29, 0.717) is 25.1 Å². The second-order valence-corrected chi connectivity index (χ2v) is 11.2. The number of amides is 4. The molecule has 4 atom stereocenters. The number of nitrogens with one attached hydrogen (secondary N) is 4. The van der Waals surface area contributed by atoms with Gasteiger partial charge in [0.15, 0.2) is 0 Å². The molecule has 4 amide bonds. The van der Waals surface area contributed by atoms with E-state index in [2.05, 4.69) is 26.3 Å². The third-order valence-corrected chi connectivity index (χ3v) is 6.65. The number of rotatable bonds is 14. The molecular weight excluding hydrogens is 500 g/mol. The smallest absolute Gasteiger partial charge is 0.326 e. The molecule has 1 saturated heterocycles. The van der Waals surface area contributed by atoms with Crippen molar-refractivity contribution in [1.82, 2.24) is 26.3 Å². The van der Waals surface area contributed by atoms with Crippen molar-refractivity contribution in [1.29, 1.82) is 0 Å². The Balaban J connectivity index is 2.17. The number of nitrogens with zero attached hydrogens (tertiary/aromatic N) is 1. The Bertz CT molecular complexity index is 942. The molecule has 0 unspecified atom stereocenters. The lowest BCUT2D eigenvalue weighted by atomic mass is 9.88. The van der Waals surface area contributed by atoms with Crippen molar-refractivity contribution in [2.45, 2.75) is 89.9 Å². The van der Waals surface area contributed by atoms with Crippen molar-refractivity contribution in [3.8, 4) is 0 Å². The largest absolute Gasteiger partial charge is 0.480 e. The normalized spacial score (nSPS) is 17.9. The molecule has 2 heterocycles. The van der Waals surface area contributed by atoms with Gasteiger partial charge in [0, 0.05) is 18.2 Å². The van der Waals surface area contributed by atoms with Gasteiger partial charge in [0.25, 0.3) is 0 Å². The van der Waals surface area contributed by atoms with E-state index in [9.17, 15) is 29.1 Å². The van der Waals surface area contributed by atoms with E-state index in [-0.39, 0.29) is 37.0 Å². The average Bonchev–Trinajstić information content (AvgIpc) is 3.52. The molecular formula is C24H38N6O6S. The number of carboxylic acids is 1. The number of hydrogen-bond acceptors (Lipinski definition) is 8. The summed E-state index contributed by atoms with van der Waals surface area (Å²) in [6.45, 7) is 6.61. The molecule has 0 aliphatic carbocycles. The second-order valence-electron chi connectivity index (χ2n) is 10.5. The van der Waals surface area contributed by atoms with Crippen LogP contribution < -0.4 is 27.0 Å². The summed E-state index contributed by atoms with van der Waals surface area (Å²) >= 11 is 1.32. The van der Waals surface area contributed by atoms with Gasteiger partial charge in [-0.05, 0) is 44.1 Å². The number of aliphatic carboxylic acids is 1. The number of carbonyl (C=O) groups is 5. The number of thiazole rings is 1. The van der Waals surface area contributed by atoms with Crippen molar-refractivity contribution < 1.29 is 29.1 Å². The fourth-order valence-corrected chi connectivity index (χ4v) is 4.44. The summed E-state index contributed by atoms with van der Waals surface area (Å²) in [5.41, 5.74) is 7.25. The van der Waals surface area contributed by atoms with Crippen molar-refractivity contribution in [2.24, 2.45) is 11.1 Å². The van der Waals surface area contributed by atoms with E-state index in [0.717, 1.165) is 6.42 Å². The van der Waals surface area contributed by atoms with Crippen LogP contribution in [0.25, 0.3) is 0 Å². The second kappa shape index (κ2) is 14.0. The maximum absolute atomic E-state index is 13.2. The van der Waals surface area contributed by atoms with Crippen LogP contribution in [0.3, 0.4) is 0 Å². The number of primary amides is 1. The van der Waals surface area contributed by atoms with Crippen molar-refractivity contribution >= 4 is 40.9 Å². The predicted octanol–water partition coefficient (Wildman–Crippen LogP) is 0.0684. The molecule has 13 heteroatoms. The fraction of sp³-hybridized carbons (Fsp3) is 0.667. The molecule has 0 bridgehead atoms. The molecule has 1 aliphatic rings. The molecule has 37 heavy (non-hydrogen) atoms. The average molecular weight is 539 g/mol. The Morgan fingerprint density at radius 2 is 1.78 bits per heavy atom. The van der Waals surface area contributed by atoms with Crippen molar-refractivity contribution in [2.75, 3.05) is 6.54 Å². The zero-order valence-corrected chi connectivity index (χ0v) is 22.4. The minimum Gasteiger partial charge on any atom is -0.480 e. The number of hydrogen-bond donors (Lipinski definition) is 6. The zero-order chi connectivity index (χ0) is 27.6. The Labute approximate surface area is 220 Å². The van der Waals surface area contributed by atoms with E-state index in [4.69, 9.17) is 5.73 Å². The lowest BCUT2D eigenvalue weighted by Gasteiger charge is -2.26. The highest BCUT2D eigenvalue weighted by Crippen LogP contribution is 2.21. The standard InChI is InChI=1S/C24H38N6O6S/c1-24(2,3)9-8-17(23(35)36)29-22(34)18(11-14-12-37-13-27-14)30-21(33)16(6-7-19(25)31)28-20(32)15-5-4-10-26-15/h12-13,15-18,26H,4-11H2,1-3H3,(H2,25,31)(H,28,32)(H,29,34)(H,30,33)(H,35,36)/t15-,16-,17-,18-/m0/s1. The number of carbonyl (C=O) groups excluding carboxylic acids is 4. The van der Waals surface area contributed by atoms with Crippen LogP contribution in [0.2, 0.25) is 0 Å². The highest BCUT2D eigenvalue weighted by molar-refractivity contribution is 7.07. The molecule has 12 nitrogen and oxygen atoms in total. The first-order valence-corrected chi connectivity index (χ1v) is 13.3. The summed E-state index contributed by atoms with van der Waals surface area (Å²) in [4.78, 5) is 66.4. The molecule has 1 fully saturated rings. The van der Waals surface area contributed by atoms with Gasteiger partial charge in [0.05, 0.1) is 17.2 Å². The Kier molecular flexibility index (Phi) is 11.4. The number of carboxylic acid groups (broad SMARTS) is 1. The molecule has 1 aliphatic heterocycles. The van der Waals surface area contributed by atoms with Crippen molar-refractivity contribution in [3.63, 3.8) is 0 Å². The SMILES string of the molecule is CC(C)(C)CC[C@H](NC(=O)[C@H](Cc1cscn1)NC(=O)[C@H](CCC(N)=O)NC(=O)[C@@H]1CCCN1)C(=O)O. The lowest BCUT2D eigenvalue weighted by Crippen LogP contribution is -2.57. The van der Waals surface area contributed by atoms with Gasteiger partial charge < -0.3 is 32.1 Å². The van der Waals surface area contributed by atoms with Gasteiger partial charge in [-0.15, -0.1) is 11.3 Å². The molecule has 0 spiro atoms. The van der Waals surface area contributed by atoms with Crippen LogP contribution in [0.4, 0.5) is 0 Å². The summed E-state index contributed by atoms with van der Waals surface area (Å²) in [6.07, 6.45) is 2.05. The molecule has 1 aromatic rings. The summed E-state index contributed by atoms with van der Waals surface area (Å²) in [5.74, 6) is -3.54. The first-order chi connectivity index (χ1) is 17.4. The first kappa shape index (κ1) is 30.2. The van der Waals surface area contributed by atoms with E-state index in [1.165, 1.54) is 11.3 Å². The minimum absolute atomic E-state index is 0.0212. The maximum atomic E-state index is 13.2. The van der Waals surface area contributed by atoms with E-state index in [1.54, 1.807) is 10.9 Å². The van der Waals surface area contributed by atoms with Crippen LogP contribution in [-0.2, 0) is 30.4 Å². The van der Waals surface area contributed by atoms with Gasteiger partial charge in [0.1, 0.15) is 18.1 Å². The van der Waals surface area contributed by atoms with Crippen LogP contribution in [0, 0.1) is 5.41 Å². The third kappa shape index (κ3) is 10.8. The highest BCUT2D eigenvalue weighted by Gasteiger charge is 2.32. The molecule has 7 N–H and O–H groups in total. The summed E-state index contributed by atoms with van der Waals surface area (Å²) < 4.78 is 0. The first-order valence-electron chi connectivity index (χ1n) is 12.4. The fourth-order valence-electron chi connectivity index (χ4n) is 3.87. The van der Waals surface area contributed by atoms with Crippen molar-refractivity contribution in [3.05, 3.63) is 16.6 Å². The summed E-state index contributed by atoms with van der Waals surface area (Å²) in [7, 11) is 0. The van der Waals surface area contributed by atoms with Crippen LogP contribution in [-0.4, -0.2) is 70.4 Å². The minimum atomic E-state index is -1.17. The quantitative estimate of drug-likeness (QED) is 0.191. The van der Waals surface area contributed by atoms with Crippen LogP contribution in [0.15, 0.2) is 10.9 Å². The van der Waals surface area contributed by atoms with E-state index < -0.39 is 47.9 Å². The van der Waals surface area contributed by atoms with E-state index in [1.807, 2.05) is 20.8 Å². The molecule has 2 rings (SSSR count). The zero-order valence-electron chi connectivity index (χ0n) is 21.5. The molecule has 0 saturated carbocycles. The van der Waals surface area contributed by atoms with Gasteiger partial charge in [-0.3, -0.25) is 19.2 Å². The Hall–Kier alpha value is -3.06. The molecule has 0 radical (unpaired) electrons. The van der Waals surface area contributed by atoms with Gasteiger partial charge >= 0.3 is 5.97 Å². The van der Waals surface area contributed by atoms with Crippen LogP contribution in [0.1, 0.15) is 65.0 Å². The molecule has 206 valence electrons. The van der Waals surface area contributed by atoms with E-state index >= 15 is 0 Å². The van der Waals surface area contributed by atoms with Gasteiger partial charge in [-0.25, -0.2) is 9.78 Å². The highest BCUT2D eigenvalue weighted by atomic mass is 32.1. The Morgan fingerprint density at radius 1 is 1.11 bits per heavy atom. The monoisotopic (exact) mass is 538 g/mol. The summed E-state index contributed by atoms with van der Waals surface area (Å²) in [5, 5.41) is 22.2. The van der Waals surface area contributed by atoms with Crippen LogP contribution in [0.5, 0.6) is 0 Å². The maximum Gasteiger partial charge on any atom is 0.326 e. The summed E-state index contributed by atoms with van der Waals surface area (Å²) in [6, 6.07) is -3.84. The van der Waals surface area contributed by atoms with Gasteiger partial charge in [0.2, 0.25) is 23.6 Å². The third-order valence-electron chi connectivity index (χ3n) is 6.02. The predicted molar refractivity (Wildman–Crippen MR) is 137 cm³/mol.